The molecular weight excluding hydrogens is 299 g/mol. The zero-order chi connectivity index (χ0) is 13.4. The van der Waals surface area contributed by atoms with E-state index in [9.17, 15) is 0 Å². The van der Waals surface area contributed by atoms with E-state index in [1.807, 2.05) is 13.8 Å². The van der Waals surface area contributed by atoms with Gasteiger partial charge in [-0.05, 0) is 25.7 Å². The van der Waals surface area contributed by atoms with Gasteiger partial charge in [-0.2, -0.15) is 0 Å². The lowest BCUT2D eigenvalue weighted by Crippen LogP contribution is -2.46. The van der Waals surface area contributed by atoms with Gasteiger partial charge in [0.2, 0.25) is 5.69 Å². The van der Waals surface area contributed by atoms with E-state index in [2.05, 4.69) is 0 Å². The molecule has 0 fully saturated rings. The molecule has 0 aliphatic rings. The predicted octanol–water partition coefficient (Wildman–Crippen LogP) is 2.43. The maximum absolute atomic E-state index is 5.52. The van der Waals surface area contributed by atoms with Crippen molar-refractivity contribution >= 4 is 37.7 Å². The van der Waals surface area contributed by atoms with Gasteiger partial charge in [-0.3, -0.25) is 0 Å². The molecule has 0 unspecified atom stereocenters. The van der Waals surface area contributed by atoms with Gasteiger partial charge in [-0.25, -0.2) is 0 Å². The molecule has 0 amide bonds. The summed E-state index contributed by atoms with van der Waals surface area (Å²) in [6, 6.07) is 0. The van der Waals surface area contributed by atoms with Crippen molar-refractivity contribution in [1.29, 1.82) is 0 Å². The van der Waals surface area contributed by atoms with Crippen LogP contribution >= 0.6 is 17.1 Å². The van der Waals surface area contributed by atoms with E-state index < -0.39 is 14.5 Å². The third kappa shape index (κ3) is 6.13. The van der Waals surface area contributed by atoms with Gasteiger partial charge < -0.3 is 22.3 Å². The summed E-state index contributed by atoms with van der Waals surface area (Å²) in [7, 11) is 2.10. The molecule has 0 N–H and O–H groups in total. The summed E-state index contributed by atoms with van der Waals surface area (Å²) in [5.41, 5.74) is -2.31. The van der Waals surface area contributed by atoms with Gasteiger partial charge in [-0.1, -0.05) is 11.4 Å². The average molecular weight is 320 g/mol. The maximum Gasteiger partial charge on any atom is 0.511 e. The van der Waals surface area contributed by atoms with E-state index in [0.717, 1.165) is 0 Å². The van der Waals surface area contributed by atoms with Crippen LogP contribution in [0.1, 0.15) is 13.8 Å². The molecule has 104 valence electrons. The van der Waals surface area contributed by atoms with E-state index in [4.69, 9.17) is 34.1 Å². The van der Waals surface area contributed by atoms with E-state index in [0.29, 0.717) is 18.6 Å². The SMILES string of the molecule is CCOP(=S)(OCC)SC[Si](OC)(OC)OC. The third-order valence-electron chi connectivity index (χ3n) is 1.91. The fraction of sp³-hybridized carbons (Fsp3) is 1.00. The van der Waals surface area contributed by atoms with Gasteiger partial charge in [0.1, 0.15) is 0 Å². The molecule has 0 spiro atoms. The van der Waals surface area contributed by atoms with Crippen LogP contribution in [0.3, 0.4) is 0 Å². The highest BCUT2D eigenvalue weighted by Gasteiger charge is 2.40. The van der Waals surface area contributed by atoms with Crippen molar-refractivity contribution in [3.63, 3.8) is 0 Å². The van der Waals surface area contributed by atoms with Crippen LogP contribution in [0.25, 0.3) is 0 Å². The molecule has 0 radical (unpaired) electrons. The summed E-state index contributed by atoms with van der Waals surface area (Å²) in [5.74, 6) is 0. The minimum atomic E-state index is -2.62. The number of hydrogen-bond acceptors (Lipinski definition) is 7. The lowest BCUT2D eigenvalue weighted by molar-refractivity contribution is 0.130. The Bertz CT molecular complexity index is 234. The van der Waals surface area contributed by atoms with Crippen LogP contribution in [-0.4, -0.2) is 48.7 Å². The van der Waals surface area contributed by atoms with E-state index >= 15 is 0 Å². The standard InChI is InChI=1S/C8H21O5PS2Si/c1-6-12-14(15,13-7-2)16-8-17(9-3,10-4)11-5/h6-8H2,1-5H3. The van der Waals surface area contributed by atoms with Crippen LogP contribution in [0.15, 0.2) is 0 Å². The van der Waals surface area contributed by atoms with E-state index in [1.54, 1.807) is 21.3 Å². The second-order valence-electron chi connectivity index (χ2n) is 2.85. The molecule has 0 bridgehead atoms. The molecule has 0 aromatic rings. The van der Waals surface area contributed by atoms with Crippen molar-refractivity contribution in [3.05, 3.63) is 0 Å². The van der Waals surface area contributed by atoms with Crippen LogP contribution in [-0.2, 0) is 34.1 Å². The predicted molar refractivity (Wildman–Crippen MR) is 76.8 cm³/mol. The highest BCUT2D eigenvalue weighted by molar-refractivity contribution is 8.68. The van der Waals surface area contributed by atoms with Gasteiger partial charge >= 0.3 is 8.80 Å². The summed E-state index contributed by atoms with van der Waals surface area (Å²) < 4.78 is 27.0. The average Bonchev–Trinajstić information content (AvgIpc) is 2.32. The fourth-order valence-electron chi connectivity index (χ4n) is 1.01. The normalized spacial score (nSPS) is 13.0. The van der Waals surface area contributed by atoms with Gasteiger partial charge in [0.05, 0.1) is 18.6 Å². The van der Waals surface area contributed by atoms with Crippen molar-refractivity contribution in [2.75, 3.05) is 39.9 Å². The van der Waals surface area contributed by atoms with Crippen LogP contribution in [0.2, 0.25) is 0 Å². The van der Waals surface area contributed by atoms with Crippen molar-refractivity contribution < 1.29 is 22.3 Å². The topological polar surface area (TPSA) is 46.2 Å². The molecule has 0 aliphatic carbocycles. The molecule has 0 heterocycles. The highest BCUT2D eigenvalue weighted by atomic mass is 32.9. The maximum atomic E-state index is 5.52. The molecule has 0 rings (SSSR count). The summed E-state index contributed by atoms with van der Waals surface area (Å²) >= 11 is 6.82. The zero-order valence-corrected chi connectivity index (χ0v) is 14.5. The summed E-state index contributed by atoms with van der Waals surface area (Å²) in [6.45, 7) is 4.86. The molecule has 0 saturated heterocycles. The second kappa shape index (κ2) is 9.01. The van der Waals surface area contributed by atoms with E-state index in [-0.39, 0.29) is 0 Å². The molecule has 0 saturated carbocycles. The largest absolute Gasteiger partial charge is 0.511 e. The molecule has 9 heteroatoms. The van der Waals surface area contributed by atoms with Gasteiger partial charge in [0.15, 0.2) is 0 Å². The van der Waals surface area contributed by atoms with Crippen molar-refractivity contribution in [1.82, 2.24) is 0 Å². The van der Waals surface area contributed by atoms with Crippen LogP contribution < -0.4 is 0 Å². The van der Waals surface area contributed by atoms with Gasteiger partial charge in [-0.15, -0.1) is 0 Å². The molecule has 17 heavy (non-hydrogen) atoms. The van der Waals surface area contributed by atoms with Crippen molar-refractivity contribution in [2.45, 2.75) is 13.8 Å². The second-order valence-corrected chi connectivity index (χ2v) is 12.6. The molecule has 0 aromatic heterocycles. The lowest BCUT2D eigenvalue weighted by Gasteiger charge is -2.27. The Labute approximate surface area is 114 Å². The first-order valence-corrected chi connectivity index (χ1v) is 11.4. The Balaban J connectivity index is 4.52. The minimum Gasteiger partial charge on any atom is -0.376 e. The molecule has 0 aromatic carbocycles. The Morgan fingerprint density at radius 2 is 1.41 bits per heavy atom. The quantitative estimate of drug-likeness (QED) is 0.452. The van der Waals surface area contributed by atoms with Crippen molar-refractivity contribution in [3.8, 4) is 0 Å². The summed E-state index contributed by atoms with van der Waals surface area (Å²) in [4.78, 5) is 0. The highest BCUT2D eigenvalue weighted by Crippen LogP contribution is 2.61. The van der Waals surface area contributed by atoms with Gasteiger partial charge in [0, 0.05) is 21.3 Å². The zero-order valence-electron chi connectivity index (χ0n) is 10.9. The van der Waals surface area contributed by atoms with Crippen LogP contribution in [0.5, 0.6) is 0 Å². The van der Waals surface area contributed by atoms with Crippen molar-refractivity contribution in [2.24, 2.45) is 0 Å². The minimum absolute atomic E-state index is 0.522. The third-order valence-corrected chi connectivity index (χ3v) is 11.5. The lowest BCUT2D eigenvalue weighted by atomic mass is 10.9. The summed E-state index contributed by atoms with van der Waals surface area (Å²) in [5, 5.41) is 0.522. The molecule has 0 atom stereocenters. The Morgan fingerprint density at radius 1 is 1.00 bits per heavy atom. The Hall–Kier alpha value is 1.02. The molecule has 0 aliphatic heterocycles. The summed E-state index contributed by atoms with van der Waals surface area (Å²) in [6.07, 6.45) is 0. The van der Waals surface area contributed by atoms with Gasteiger partial charge in [0.25, 0.3) is 0 Å². The molecule has 5 nitrogen and oxygen atoms in total. The number of hydrogen-bond donors (Lipinski definition) is 0. The first-order valence-electron chi connectivity index (χ1n) is 5.20. The first kappa shape index (κ1) is 18.0. The Morgan fingerprint density at radius 3 is 1.71 bits per heavy atom. The van der Waals surface area contributed by atoms with E-state index in [1.165, 1.54) is 11.4 Å². The fourth-order valence-corrected chi connectivity index (χ4v) is 11.0. The van der Waals surface area contributed by atoms with Crippen LogP contribution in [0.4, 0.5) is 0 Å². The van der Waals surface area contributed by atoms with Crippen LogP contribution in [0, 0.1) is 0 Å². The smallest absolute Gasteiger partial charge is 0.376 e. The monoisotopic (exact) mass is 320 g/mol. The Kier molecular flexibility index (Phi) is 9.54. The molecular formula is C8H21O5PS2Si. The first-order chi connectivity index (χ1) is 8.01. The number of rotatable bonds is 10.